The number of amides is 1. The van der Waals surface area contributed by atoms with Gasteiger partial charge in [0.15, 0.2) is 12.1 Å². The lowest BCUT2D eigenvalue weighted by Crippen LogP contribution is -2.55. The molecule has 0 aliphatic carbocycles. The van der Waals surface area contributed by atoms with Crippen molar-refractivity contribution < 1.29 is 28.8 Å². The summed E-state index contributed by atoms with van der Waals surface area (Å²) in [4.78, 5) is 14.2. The summed E-state index contributed by atoms with van der Waals surface area (Å²) in [6, 6.07) is 9.40. The molecule has 0 unspecified atom stereocenters. The van der Waals surface area contributed by atoms with Gasteiger partial charge in [0.05, 0.1) is 19.3 Å². The molecule has 5 atom stereocenters. The van der Waals surface area contributed by atoms with Gasteiger partial charge in [-0.3, -0.25) is 4.79 Å². The SMILES string of the molecule is CC1(C)O[C@H]2O[C@H]([C@H](CO)N3CCCCC3=O)[C@H](OCc3ccccc3)[C@H]2O1. The highest BCUT2D eigenvalue weighted by Gasteiger charge is 2.58. The molecule has 7 nitrogen and oxygen atoms in total. The van der Waals surface area contributed by atoms with E-state index >= 15 is 0 Å². The molecule has 3 aliphatic rings. The summed E-state index contributed by atoms with van der Waals surface area (Å²) >= 11 is 0. The second-order valence-corrected chi connectivity index (χ2v) is 8.12. The van der Waals surface area contributed by atoms with Gasteiger partial charge in [-0.25, -0.2) is 0 Å². The number of aliphatic hydroxyl groups excluding tert-OH is 1. The first-order valence-electron chi connectivity index (χ1n) is 10.1. The largest absolute Gasteiger partial charge is 0.394 e. The third-order valence-corrected chi connectivity index (χ3v) is 5.64. The van der Waals surface area contributed by atoms with Crippen molar-refractivity contribution in [3.05, 3.63) is 35.9 Å². The Morgan fingerprint density at radius 2 is 2.04 bits per heavy atom. The zero-order chi connectivity index (χ0) is 19.7. The predicted molar refractivity (Wildman–Crippen MR) is 100 cm³/mol. The quantitative estimate of drug-likeness (QED) is 0.797. The lowest BCUT2D eigenvalue weighted by molar-refractivity contribution is -0.228. The molecule has 1 aromatic rings. The van der Waals surface area contributed by atoms with Gasteiger partial charge in [0.2, 0.25) is 5.91 Å². The number of hydrogen-bond donors (Lipinski definition) is 1. The van der Waals surface area contributed by atoms with Crippen molar-refractivity contribution in [1.29, 1.82) is 0 Å². The van der Waals surface area contributed by atoms with Crippen LogP contribution in [-0.2, 0) is 30.3 Å². The van der Waals surface area contributed by atoms with Crippen LogP contribution in [0.5, 0.6) is 0 Å². The summed E-state index contributed by atoms with van der Waals surface area (Å²) in [6.07, 6.45) is 0.384. The van der Waals surface area contributed by atoms with Crippen molar-refractivity contribution >= 4 is 5.91 Å². The number of benzene rings is 1. The molecule has 1 amide bonds. The van der Waals surface area contributed by atoms with Gasteiger partial charge in [0.25, 0.3) is 0 Å². The number of carbonyl (C=O) groups excluding carboxylic acids is 1. The Morgan fingerprint density at radius 3 is 2.75 bits per heavy atom. The number of carbonyl (C=O) groups is 1. The van der Waals surface area contributed by atoms with Crippen molar-refractivity contribution in [3.8, 4) is 0 Å². The maximum atomic E-state index is 12.4. The third kappa shape index (κ3) is 3.95. The first-order chi connectivity index (χ1) is 13.5. The molecular formula is C21H29NO6. The summed E-state index contributed by atoms with van der Waals surface area (Å²) in [5.74, 6) is -0.709. The Bertz CT molecular complexity index is 681. The van der Waals surface area contributed by atoms with E-state index in [0.717, 1.165) is 18.4 Å². The van der Waals surface area contributed by atoms with Gasteiger partial charge in [0, 0.05) is 13.0 Å². The fraction of sp³-hybridized carbons (Fsp3) is 0.667. The molecule has 3 saturated heterocycles. The number of aliphatic hydroxyl groups is 1. The van der Waals surface area contributed by atoms with Gasteiger partial charge in [-0.1, -0.05) is 30.3 Å². The predicted octanol–water partition coefficient (Wildman–Crippen LogP) is 1.82. The molecule has 3 heterocycles. The van der Waals surface area contributed by atoms with Gasteiger partial charge in [-0.15, -0.1) is 0 Å². The van der Waals surface area contributed by atoms with Crippen LogP contribution in [0.3, 0.4) is 0 Å². The van der Waals surface area contributed by atoms with Crippen LogP contribution in [0.1, 0.15) is 38.7 Å². The van der Waals surface area contributed by atoms with Gasteiger partial charge in [-0.05, 0) is 32.3 Å². The van der Waals surface area contributed by atoms with Gasteiger partial charge < -0.3 is 29.0 Å². The highest BCUT2D eigenvalue weighted by atomic mass is 16.8. The summed E-state index contributed by atoms with van der Waals surface area (Å²) < 4.78 is 24.3. The van der Waals surface area contributed by atoms with Crippen LogP contribution in [0, 0.1) is 0 Å². The van der Waals surface area contributed by atoms with E-state index in [0.29, 0.717) is 19.6 Å². The van der Waals surface area contributed by atoms with E-state index < -0.39 is 36.4 Å². The first-order valence-corrected chi connectivity index (χ1v) is 10.1. The van der Waals surface area contributed by atoms with E-state index in [1.165, 1.54) is 0 Å². The Labute approximate surface area is 165 Å². The zero-order valence-electron chi connectivity index (χ0n) is 16.5. The van der Waals surface area contributed by atoms with E-state index in [9.17, 15) is 9.90 Å². The van der Waals surface area contributed by atoms with Crippen LogP contribution >= 0.6 is 0 Å². The Morgan fingerprint density at radius 1 is 1.25 bits per heavy atom. The van der Waals surface area contributed by atoms with Crippen molar-refractivity contribution in [2.24, 2.45) is 0 Å². The molecule has 3 aliphatic heterocycles. The zero-order valence-corrected chi connectivity index (χ0v) is 16.5. The minimum absolute atomic E-state index is 0.0509. The highest BCUT2D eigenvalue weighted by molar-refractivity contribution is 5.77. The number of hydrogen-bond acceptors (Lipinski definition) is 6. The normalized spacial score (nSPS) is 33.1. The van der Waals surface area contributed by atoms with Crippen LogP contribution in [-0.4, -0.2) is 65.5 Å². The van der Waals surface area contributed by atoms with Crippen LogP contribution in [0.25, 0.3) is 0 Å². The van der Waals surface area contributed by atoms with Crippen molar-refractivity contribution in [3.63, 3.8) is 0 Å². The number of rotatable bonds is 6. The molecule has 1 aromatic carbocycles. The average molecular weight is 391 g/mol. The van der Waals surface area contributed by atoms with Crippen molar-refractivity contribution in [2.75, 3.05) is 13.2 Å². The number of nitrogens with zero attached hydrogens (tertiary/aromatic N) is 1. The molecule has 0 radical (unpaired) electrons. The third-order valence-electron chi connectivity index (χ3n) is 5.64. The van der Waals surface area contributed by atoms with E-state index in [2.05, 4.69) is 0 Å². The van der Waals surface area contributed by atoms with E-state index in [-0.39, 0.29) is 12.5 Å². The van der Waals surface area contributed by atoms with Gasteiger partial charge >= 0.3 is 0 Å². The Hall–Kier alpha value is -1.51. The summed E-state index contributed by atoms with van der Waals surface area (Å²) in [7, 11) is 0. The monoisotopic (exact) mass is 391 g/mol. The highest BCUT2D eigenvalue weighted by Crippen LogP contribution is 2.41. The minimum Gasteiger partial charge on any atom is -0.394 e. The molecule has 3 fully saturated rings. The van der Waals surface area contributed by atoms with E-state index in [4.69, 9.17) is 18.9 Å². The van der Waals surface area contributed by atoms with E-state index in [1.807, 2.05) is 44.2 Å². The van der Waals surface area contributed by atoms with Gasteiger partial charge in [-0.2, -0.15) is 0 Å². The second kappa shape index (κ2) is 8.08. The van der Waals surface area contributed by atoms with Gasteiger partial charge in [0.1, 0.15) is 18.3 Å². The number of piperidine rings is 1. The molecule has 4 rings (SSSR count). The number of ether oxygens (including phenoxy) is 4. The second-order valence-electron chi connectivity index (χ2n) is 8.12. The van der Waals surface area contributed by atoms with Crippen LogP contribution in [0.15, 0.2) is 30.3 Å². The molecule has 0 spiro atoms. The lowest BCUT2D eigenvalue weighted by atomic mass is 9.99. The fourth-order valence-electron chi connectivity index (χ4n) is 4.33. The van der Waals surface area contributed by atoms with Crippen LogP contribution in [0.2, 0.25) is 0 Å². The smallest absolute Gasteiger partial charge is 0.222 e. The maximum absolute atomic E-state index is 12.4. The summed E-state index contributed by atoms with van der Waals surface area (Å²) in [6.45, 7) is 4.51. The average Bonchev–Trinajstić information content (AvgIpc) is 3.15. The molecule has 7 heteroatoms. The van der Waals surface area contributed by atoms with E-state index in [1.54, 1.807) is 4.90 Å². The Balaban J connectivity index is 1.54. The van der Waals surface area contributed by atoms with Crippen LogP contribution < -0.4 is 0 Å². The summed E-state index contributed by atoms with van der Waals surface area (Å²) in [5, 5.41) is 10.1. The topological polar surface area (TPSA) is 77.5 Å². The molecule has 0 saturated carbocycles. The lowest BCUT2D eigenvalue weighted by Gasteiger charge is -2.39. The maximum Gasteiger partial charge on any atom is 0.222 e. The minimum atomic E-state index is -0.760. The molecule has 0 bridgehead atoms. The number of likely N-dealkylation sites (tertiary alicyclic amines) is 1. The Kier molecular flexibility index (Phi) is 5.71. The molecule has 154 valence electrons. The molecule has 1 N–H and O–H groups in total. The molecule has 28 heavy (non-hydrogen) atoms. The standard InChI is InChI=1S/C21H29NO6/c1-21(2)27-19-18(25-13-14-8-4-3-5-9-14)17(26-20(19)28-21)15(12-23)22-11-7-6-10-16(22)24/h3-5,8-9,15,17-20,23H,6-7,10-13H2,1-2H3/t15-,17+,18-,19+,20+/m0/s1. The summed E-state index contributed by atoms with van der Waals surface area (Å²) in [5.41, 5.74) is 1.04. The molecule has 0 aromatic heterocycles. The first kappa shape index (κ1) is 19.8. The fourth-order valence-corrected chi connectivity index (χ4v) is 4.33. The van der Waals surface area contributed by atoms with Crippen molar-refractivity contribution in [1.82, 2.24) is 4.90 Å². The van der Waals surface area contributed by atoms with Crippen molar-refractivity contribution in [2.45, 2.75) is 76.1 Å². The molecular weight excluding hydrogens is 362 g/mol. The van der Waals surface area contributed by atoms with Crippen LogP contribution in [0.4, 0.5) is 0 Å². The number of fused-ring (bicyclic) bond motifs is 1.